The number of aromatic nitrogens is 2. The Morgan fingerprint density at radius 1 is 0.500 bits per heavy atom. The van der Waals surface area contributed by atoms with Crippen LogP contribution in [0.1, 0.15) is 179 Å². The normalized spacial score (nSPS) is 17.3. The molecule has 0 spiro atoms. The average Bonchev–Trinajstić information content (AvgIpc) is 1.09. The maximum atomic E-state index is 10.5. The molecule has 6 heteroatoms. The molecule has 5 nitrogen and oxygen atoms in total. The molecular formula is C84H85N4OPt-3. The quantitative estimate of drug-likeness (QED) is 0.135. The van der Waals surface area contributed by atoms with Crippen molar-refractivity contribution in [3.8, 4) is 61.8 Å². The van der Waals surface area contributed by atoms with Gasteiger partial charge in [-0.1, -0.05) is 237 Å². The van der Waals surface area contributed by atoms with E-state index in [1.165, 1.54) is 6.20 Å². The SMILES string of the molecule is [2H]c1c([2H])c([2H])c(-c2cnc(-n3c4[c-]c(Oc5[c-]c(N6[CH-]N(c7c(-c8c([2H])c([2H])c(-c9cc(C(C)(C)C)cc(C(C)(C)C)c9)c([2H])c8[2H])cc(C(C)(C)C)cc7-c7c([2H])c([2H])c8c(c7[2H])C(C)(C)CCC8(C)C)c7ccccc76)ccc5)ccc4c4c([2H])c([2H])c([2H])c([2H])c43)cc2C(C)(C)C)c([2H])c1[2H].[Pt]. The van der Waals surface area contributed by atoms with Crippen molar-refractivity contribution in [2.24, 2.45) is 0 Å². The minimum absolute atomic E-state index is 0. The Morgan fingerprint density at radius 3 is 1.72 bits per heavy atom. The molecule has 0 saturated carbocycles. The van der Waals surface area contributed by atoms with Crippen molar-refractivity contribution in [1.82, 2.24) is 9.55 Å². The maximum Gasteiger partial charge on any atom is 0.135 e. The third-order valence-electron chi connectivity index (χ3n) is 17.7. The molecule has 0 amide bonds. The first-order chi connectivity index (χ1) is 48.8. The van der Waals surface area contributed by atoms with E-state index in [1.807, 2.05) is 113 Å². The number of anilines is 4. The smallest absolute Gasteiger partial charge is 0.135 e. The molecule has 2 aliphatic rings. The van der Waals surface area contributed by atoms with Gasteiger partial charge in [0.1, 0.15) is 5.82 Å². The molecule has 9 aromatic carbocycles. The van der Waals surface area contributed by atoms with Gasteiger partial charge in [-0.15, -0.1) is 48.1 Å². The predicted octanol–water partition coefficient (Wildman–Crippen LogP) is 23.2. The molecule has 11 aromatic rings. The first-order valence-electron chi connectivity index (χ1n) is 38.7. The summed E-state index contributed by atoms with van der Waals surface area (Å²) in [6, 6.07) is 29.8. The second kappa shape index (κ2) is 22.7. The molecule has 3 heterocycles. The molecule has 0 saturated heterocycles. The van der Waals surface area contributed by atoms with Crippen LogP contribution in [-0.4, -0.2) is 9.55 Å². The molecule has 0 fully saturated rings. The number of nitrogens with zero attached hydrogens (tertiary/aromatic N) is 4. The number of ether oxygens (including phenoxy) is 1. The number of benzene rings is 9. The van der Waals surface area contributed by atoms with E-state index in [9.17, 15) is 12.3 Å². The van der Waals surface area contributed by atoms with E-state index in [2.05, 4.69) is 87.4 Å². The number of pyridine rings is 1. The zero-order valence-electron chi connectivity index (χ0n) is 70.2. The largest absolute Gasteiger partial charge is 0.509 e. The zero-order valence-corrected chi connectivity index (χ0v) is 56.5. The molecule has 0 bridgehead atoms. The Kier molecular flexibility index (Phi) is 11.4. The van der Waals surface area contributed by atoms with Crippen LogP contribution in [0.5, 0.6) is 11.5 Å². The molecule has 2 aromatic heterocycles. The van der Waals surface area contributed by atoms with E-state index in [0.717, 1.165) is 29.5 Å². The van der Waals surface area contributed by atoms with Crippen LogP contribution in [0, 0.1) is 18.8 Å². The van der Waals surface area contributed by atoms with Gasteiger partial charge in [-0.25, -0.2) is 4.98 Å². The average molecular weight is 1380 g/mol. The summed E-state index contributed by atoms with van der Waals surface area (Å²) in [5, 5.41) is 0.590. The summed E-state index contributed by atoms with van der Waals surface area (Å²) in [5.41, 5.74) is 5.75. The summed E-state index contributed by atoms with van der Waals surface area (Å²) in [6.07, 6.45) is 2.90. The number of para-hydroxylation sites is 3. The van der Waals surface area contributed by atoms with E-state index in [-0.39, 0.29) is 148 Å². The van der Waals surface area contributed by atoms with Crippen LogP contribution in [-0.2, 0) is 53.6 Å². The van der Waals surface area contributed by atoms with Crippen molar-refractivity contribution < 1.29 is 47.7 Å². The Hall–Kier alpha value is -7.98. The van der Waals surface area contributed by atoms with Gasteiger partial charge in [0, 0.05) is 78.0 Å². The van der Waals surface area contributed by atoms with Crippen LogP contribution < -0.4 is 14.5 Å². The van der Waals surface area contributed by atoms with E-state index in [1.54, 1.807) is 34.9 Å². The van der Waals surface area contributed by atoms with E-state index < -0.39 is 64.0 Å². The van der Waals surface area contributed by atoms with E-state index in [0.29, 0.717) is 61.5 Å². The monoisotopic (exact) mass is 1380 g/mol. The molecule has 0 N–H and O–H groups in total. The topological polar surface area (TPSA) is 33.5 Å². The Bertz CT molecular complexity index is 5450. The minimum atomic E-state index is -0.739. The second-order valence-electron chi connectivity index (χ2n) is 29.3. The summed E-state index contributed by atoms with van der Waals surface area (Å²) in [5.74, 6) is 0.574. The third kappa shape index (κ3) is 11.5. The minimum Gasteiger partial charge on any atom is -0.509 e. The second-order valence-corrected chi connectivity index (χ2v) is 29.3. The first kappa shape index (κ1) is 45.3. The van der Waals surface area contributed by atoms with Crippen LogP contribution >= 0.6 is 0 Å². The van der Waals surface area contributed by atoms with Gasteiger partial charge in [0.05, 0.1) is 21.9 Å². The summed E-state index contributed by atoms with van der Waals surface area (Å²) < 4.78 is 159. The summed E-state index contributed by atoms with van der Waals surface area (Å²) in [4.78, 5) is 8.67. The molecule has 0 atom stereocenters. The Morgan fingerprint density at radius 2 is 1.07 bits per heavy atom. The third-order valence-corrected chi connectivity index (χ3v) is 17.7. The number of hydrogen-bond donors (Lipinski definition) is 0. The van der Waals surface area contributed by atoms with Crippen molar-refractivity contribution in [2.45, 2.75) is 156 Å². The molecule has 13 rings (SSSR count). The Balaban J connectivity index is 0.0000105. The van der Waals surface area contributed by atoms with Crippen molar-refractivity contribution in [2.75, 3.05) is 9.80 Å². The van der Waals surface area contributed by atoms with Crippen molar-refractivity contribution in [3.63, 3.8) is 0 Å². The first-order valence-corrected chi connectivity index (χ1v) is 30.7. The molecule has 1 aliphatic carbocycles. The zero-order chi connectivity index (χ0) is 76.7. The van der Waals surface area contributed by atoms with E-state index in [4.69, 9.17) is 19.3 Å². The molecular weight excluding hydrogens is 1280 g/mol. The van der Waals surface area contributed by atoms with Gasteiger partial charge in [0.15, 0.2) is 0 Å². The molecule has 0 radical (unpaired) electrons. The number of fused-ring (bicyclic) bond motifs is 5. The van der Waals surface area contributed by atoms with Gasteiger partial charge in [0.2, 0.25) is 0 Å². The fourth-order valence-electron chi connectivity index (χ4n) is 12.3. The fraction of sp³-hybridized carbons (Fsp3) is 0.286. The van der Waals surface area contributed by atoms with Gasteiger partial charge in [-0.2, -0.15) is 12.1 Å². The predicted molar refractivity (Wildman–Crippen MR) is 376 cm³/mol. The molecule has 0 unspecified atom stereocenters. The van der Waals surface area contributed by atoms with Gasteiger partial charge in [-0.3, -0.25) is 0 Å². The summed E-state index contributed by atoms with van der Waals surface area (Å²) in [7, 11) is 0. The van der Waals surface area contributed by atoms with Crippen LogP contribution in [0.2, 0.25) is 0 Å². The number of hydrogen-bond acceptors (Lipinski definition) is 4. The van der Waals surface area contributed by atoms with Gasteiger partial charge in [0.25, 0.3) is 0 Å². The standard InChI is InChI=1S/C84H85N4O.Pt/c1-79(2,3)59-43-58(44-60(46-59)80(4,5)6)54-33-35-56(36-34-54)67-47-61(81(7,8)9)48-68(57-37-40-70-72(45-57)84(15,16)42-41-83(70,13)14)78(67)87-53-86(74-31-22-23-32-75(74)87)62-27-24-28-63(49-62)89-64-38-39-66-65-29-20-21-30-73(65)88(76(66)50-64)77-51-71(82(10,11)12)69(52-85-77)55-25-18-17-19-26-55;/h17-40,43-48,51-53H,41-42H2,1-16H3;/q-3;/i17D,18D,19D,20D,21D,25D,26D,29D,30D,33D,34D,35D,36D,37D,40D,45D;. The van der Waals surface area contributed by atoms with Gasteiger partial charge >= 0.3 is 0 Å². The van der Waals surface area contributed by atoms with Gasteiger partial charge in [-0.05, 0) is 148 Å². The molecule has 460 valence electrons. The van der Waals surface area contributed by atoms with Crippen molar-refractivity contribution in [1.29, 1.82) is 0 Å². The molecule has 90 heavy (non-hydrogen) atoms. The van der Waals surface area contributed by atoms with Crippen LogP contribution in [0.3, 0.4) is 0 Å². The van der Waals surface area contributed by atoms with Gasteiger partial charge < -0.3 is 19.1 Å². The van der Waals surface area contributed by atoms with Crippen molar-refractivity contribution in [3.05, 3.63) is 246 Å². The summed E-state index contributed by atoms with van der Waals surface area (Å²) in [6.45, 7) is 34.7. The Labute approximate surface area is 573 Å². The maximum absolute atomic E-state index is 10.5. The van der Waals surface area contributed by atoms with Crippen molar-refractivity contribution >= 4 is 44.6 Å². The van der Waals surface area contributed by atoms with E-state index >= 15 is 0 Å². The van der Waals surface area contributed by atoms with Crippen LogP contribution in [0.4, 0.5) is 22.7 Å². The fourth-order valence-corrected chi connectivity index (χ4v) is 12.3. The van der Waals surface area contributed by atoms with Crippen LogP contribution in [0.25, 0.3) is 72.1 Å². The van der Waals surface area contributed by atoms with Crippen LogP contribution in [0.15, 0.2) is 194 Å². The number of rotatable bonds is 9. The molecule has 1 aliphatic heterocycles. The summed E-state index contributed by atoms with van der Waals surface area (Å²) >= 11 is 0.